The van der Waals surface area contributed by atoms with Crippen LogP contribution in [0.2, 0.25) is 0 Å². The highest BCUT2D eigenvalue weighted by atomic mass is 35.5. The van der Waals surface area contributed by atoms with Crippen LogP contribution in [-0.4, -0.2) is 30.4 Å². The molecule has 0 N–H and O–H groups in total. The fraction of sp³-hybridized carbons (Fsp3) is 0.500. The minimum absolute atomic E-state index is 0.278. The normalized spacial score (nSPS) is 10.0. The minimum Gasteiger partial charge on any atom is -0.274 e. The predicted molar refractivity (Wildman–Crippen MR) is 47.5 cm³/mol. The molecule has 0 unspecified atom stereocenters. The van der Waals surface area contributed by atoms with Crippen molar-refractivity contribution in [3.05, 3.63) is 12.2 Å². The minimum atomic E-state index is 0.278. The van der Waals surface area contributed by atoms with Crippen molar-refractivity contribution in [2.75, 3.05) is 25.5 Å². The number of halogens is 1. The summed E-state index contributed by atoms with van der Waals surface area (Å²) in [6.45, 7) is 1.16. The highest BCUT2D eigenvalue weighted by Gasteiger charge is 1.98. The fourth-order valence-corrected chi connectivity index (χ4v) is 0.798. The number of nitriles is 2. The van der Waals surface area contributed by atoms with Gasteiger partial charge in [-0.3, -0.25) is 4.90 Å². The summed E-state index contributed by atoms with van der Waals surface area (Å²) in [5.41, 5.74) is 0. The van der Waals surface area contributed by atoms with E-state index in [2.05, 4.69) is 0 Å². The molecule has 0 rings (SSSR count). The van der Waals surface area contributed by atoms with E-state index in [1.54, 1.807) is 11.0 Å². The summed E-state index contributed by atoms with van der Waals surface area (Å²) < 4.78 is 0. The fourth-order valence-electron chi connectivity index (χ4n) is 0.672. The molecule has 0 spiro atoms. The smallest absolute Gasteiger partial charge is 0.0876 e. The van der Waals surface area contributed by atoms with Crippen LogP contribution in [-0.2, 0) is 0 Å². The van der Waals surface area contributed by atoms with Crippen LogP contribution >= 0.6 is 11.6 Å². The first-order valence-electron chi connectivity index (χ1n) is 3.52. The molecule has 0 radical (unpaired) electrons. The molecule has 4 heteroatoms. The van der Waals surface area contributed by atoms with Crippen LogP contribution in [0.15, 0.2) is 12.2 Å². The van der Waals surface area contributed by atoms with E-state index < -0.39 is 0 Å². The van der Waals surface area contributed by atoms with E-state index in [0.717, 1.165) is 0 Å². The highest BCUT2D eigenvalue weighted by Crippen LogP contribution is 1.87. The Bertz CT molecular complexity index is 195. The molecule has 0 aliphatic carbocycles. The Balaban J connectivity index is 3.73. The van der Waals surface area contributed by atoms with Crippen molar-refractivity contribution in [3.8, 4) is 12.1 Å². The lowest BCUT2D eigenvalue weighted by Crippen LogP contribution is -2.24. The second-order valence-electron chi connectivity index (χ2n) is 2.11. The summed E-state index contributed by atoms with van der Waals surface area (Å²) >= 11 is 5.40. The molecule has 0 amide bonds. The number of hydrogen-bond acceptors (Lipinski definition) is 3. The van der Waals surface area contributed by atoms with E-state index in [4.69, 9.17) is 22.1 Å². The van der Waals surface area contributed by atoms with Gasteiger partial charge in [0.25, 0.3) is 0 Å². The van der Waals surface area contributed by atoms with Gasteiger partial charge in [0.2, 0.25) is 0 Å². The Hall–Kier alpha value is -1.03. The first kappa shape index (κ1) is 11.0. The summed E-state index contributed by atoms with van der Waals surface area (Å²) in [6, 6.07) is 3.97. The zero-order valence-electron chi connectivity index (χ0n) is 6.70. The summed E-state index contributed by atoms with van der Waals surface area (Å²) in [5, 5.41) is 16.7. The lowest BCUT2D eigenvalue weighted by Gasteiger charge is -2.11. The van der Waals surface area contributed by atoms with Gasteiger partial charge in [-0.25, -0.2) is 0 Å². The van der Waals surface area contributed by atoms with Crippen LogP contribution in [0.5, 0.6) is 0 Å². The first-order chi connectivity index (χ1) is 5.85. The Morgan fingerprint density at radius 1 is 1.17 bits per heavy atom. The van der Waals surface area contributed by atoms with Crippen molar-refractivity contribution in [1.29, 1.82) is 10.5 Å². The van der Waals surface area contributed by atoms with E-state index in [9.17, 15) is 0 Å². The maximum Gasteiger partial charge on any atom is 0.0876 e. The number of allylic oxidation sites excluding steroid dienone is 1. The zero-order chi connectivity index (χ0) is 9.23. The third-order valence-corrected chi connectivity index (χ3v) is 1.39. The molecule has 0 aromatic rings. The maximum absolute atomic E-state index is 8.37. The Labute approximate surface area is 77.5 Å². The summed E-state index contributed by atoms with van der Waals surface area (Å²) in [7, 11) is 0. The van der Waals surface area contributed by atoms with Crippen LogP contribution < -0.4 is 0 Å². The van der Waals surface area contributed by atoms with E-state index in [-0.39, 0.29) is 13.1 Å². The average Bonchev–Trinajstić information content (AvgIpc) is 2.06. The van der Waals surface area contributed by atoms with Crippen molar-refractivity contribution in [3.63, 3.8) is 0 Å². The Kier molecular flexibility index (Phi) is 7.38. The molecule has 0 aliphatic rings. The van der Waals surface area contributed by atoms with E-state index >= 15 is 0 Å². The SMILES string of the molecule is N#CCN(CC#N)CC=CCCl. The molecule has 64 valence electrons. The quantitative estimate of drug-likeness (QED) is 0.365. The molecule has 0 atom stereocenters. The zero-order valence-corrected chi connectivity index (χ0v) is 7.46. The van der Waals surface area contributed by atoms with Gasteiger partial charge in [0.1, 0.15) is 0 Å². The topological polar surface area (TPSA) is 50.8 Å². The molecule has 0 saturated carbocycles. The van der Waals surface area contributed by atoms with Gasteiger partial charge in [-0.15, -0.1) is 11.6 Å². The molecular weight excluding hydrogens is 174 g/mol. The van der Waals surface area contributed by atoms with Crippen LogP contribution in [0, 0.1) is 22.7 Å². The van der Waals surface area contributed by atoms with Gasteiger partial charge in [0.05, 0.1) is 25.2 Å². The molecule has 0 aliphatic heterocycles. The first-order valence-corrected chi connectivity index (χ1v) is 4.05. The van der Waals surface area contributed by atoms with Crippen molar-refractivity contribution in [2.45, 2.75) is 0 Å². The summed E-state index contributed by atoms with van der Waals surface area (Å²) in [4.78, 5) is 1.73. The lowest BCUT2D eigenvalue weighted by molar-refractivity contribution is 0.381. The third kappa shape index (κ3) is 5.73. The molecule has 0 aromatic heterocycles. The average molecular weight is 184 g/mol. The van der Waals surface area contributed by atoms with Gasteiger partial charge in [0.15, 0.2) is 0 Å². The van der Waals surface area contributed by atoms with Gasteiger partial charge in [-0.05, 0) is 0 Å². The van der Waals surface area contributed by atoms with E-state index in [0.29, 0.717) is 12.4 Å². The molecule has 0 aromatic carbocycles. The lowest BCUT2D eigenvalue weighted by atomic mass is 10.4. The monoisotopic (exact) mass is 183 g/mol. The highest BCUT2D eigenvalue weighted by molar-refractivity contribution is 6.18. The van der Waals surface area contributed by atoms with Crippen LogP contribution in [0.1, 0.15) is 0 Å². The molecule has 0 fully saturated rings. The number of rotatable bonds is 5. The summed E-state index contributed by atoms with van der Waals surface area (Å²) in [6.07, 6.45) is 3.64. The Morgan fingerprint density at radius 3 is 2.17 bits per heavy atom. The van der Waals surface area contributed by atoms with Gasteiger partial charge in [0, 0.05) is 12.4 Å². The van der Waals surface area contributed by atoms with Gasteiger partial charge >= 0.3 is 0 Å². The maximum atomic E-state index is 8.37. The number of alkyl halides is 1. The predicted octanol–water partition coefficient (Wildman–Crippen LogP) is 1.13. The largest absolute Gasteiger partial charge is 0.274 e. The van der Waals surface area contributed by atoms with Gasteiger partial charge in [-0.2, -0.15) is 10.5 Å². The third-order valence-electron chi connectivity index (χ3n) is 1.21. The van der Waals surface area contributed by atoms with Gasteiger partial charge < -0.3 is 0 Å². The molecule has 3 nitrogen and oxygen atoms in total. The van der Waals surface area contributed by atoms with E-state index in [1.165, 1.54) is 0 Å². The molecule has 0 bridgehead atoms. The number of hydrogen-bond donors (Lipinski definition) is 0. The standard InChI is InChI=1S/C8H10ClN3/c9-3-1-2-6-12(7-4-10)8-5-11/h1-2H,3,6-8H2. The second-order valence-corrected chi connectivity index (χ2v) is 2.42. The van der Waals surface area contributed by atoms with Crippen LogP contribution in [0.3, 0.4) is 0 Å². The molecule has 0 saturated heterocycles. The molecule has 0 heterocycles. The molecular formula is C8H10ClN3. The van der Waals surface area contributed by atoms with Crippen molar-refractivity contribution < 1.29 is 0 Å². The van der Waals surface area contributed by atoms with Crippen LogP contribution in [0.4, 0.5) is 0 Å². The Morgan fingerprint density at radius 2 is 1.75 bits per heavy atom. The van der Waals surface area contributed by atoms with E-state index in [1.807, 2.05) is 18.2 Å². The van der Waals surface area contributed by atoms with Crippen molar-refractivity contribution >= 4 is 11.6 Å². The van der Waals surface area contributed by atoms with Crippen LogP contribution in [0.25, 0.3) is 0 Å². The van der Waals surface area contributed by atoms with Gasteiger partial charge in [-0.1, -0.05) is 12.2 Å². The second kappa shape index (κ2) is 8.07. The van der Waals surface area contributed by atoms with Crippen molar-refractivity contribution in [2.24, 2.45) is 0 Å². The number of nitrogens with zero attached hydrogens (tertiary/aromatic N) is 3. The summed E-state index contributed by atoms with van der Waals surface area (Å²) in [5.74, 6) is 0.465. The molecule has 12 heavy (non-hydrogen) atoms. The van der Waals surface area contributed by atoms with Crippen molar-refractivity contribution in [1.82, 2.24) is 4.90 Å².